The van der Waals surface area contributed by atoms with Crippen LogP contribution in [0.25, 0.3) is 11.3 Å². The van der Waals surface area contributed by atoms with Crippen molar-refractivity contribution in [3.63, 3.8) is 0 Å². The highest BCUT2D eigenvalue weighted by Crippen LogP contribution is 2.37. The normalized spacial score (nSPS) is 16.9. The van der Waals surface area contributed by atoms with Crippen molar-refractivity contribution in [2.75, 3.05) is 5.32 Å². The molecule has 9 heteroatoms. The maximum atomic E-state index is 13.5. The summed E-state index contributed by atoms with van der Waals surface area (Å²) in [5, 5.41) is 19.9. The van der Waals surface area contributed by atoms with Crippen LogP contribution in [0.15, 0.2) is 72.9 Å². The monoisotopic (exact) mass is 591 g/mol. The van der Waals surface area contributed by atoms with Crippen molar-refractivity contribution in [2.45, 2.75) is 84.3 Å². The van der Waals surface area contributed by atoms with Gasteiger partial charge in [0.25, 0.3) is 0 Å². The Bertz CT molecular complexity index is 1780. The molecule has 228 valence electrons. The van der Waals surface area contributed by atoms with Gasteiger partial charge in [-0.05, 0) is 61.6 Å². The molecular formula is C35H41N7O2. The number of nitrogens with zero attached hydrogens (tertiary/aromatic N) is 5. The smallest absolute Gasteiger partial charge is 0.320 e. The largest absolute Gasteiger partial charge is 0.484 e. The molecule has 44 heavy (non-hydrogen) atoms. The highest BCUT2D eigenvalue weighted by molar-refractivity contribution is 5.89. The quantitative estimate of drug-likeness (QED) is 0.196. The number of aromatic nitrogens is 5. The third kappa shape index (κ3) is 6.04. The van der Waals surface area contributed by atoms with Crippen LogP contribution in [-0.2, 0) is 5.41 Å². The van der Waals surface area contributed by atoms with Crippen LogP contribution in [0.2, 0.25) is 0 Å². The Morgan fingerprint density at radius 3 is 2.45 bits per heavy atom. The average molecular weight is 592 g/mol. The molecule has 0 radical (unpaired) electrons. The number of urea groups is 1. The molecule has 0 aliphatic heterocycles. The van der Waals surface area contributed by atoms with E-state index in [-0.39, 0.29) is 29.5 Å². The zero-order valence-electron chi connectivity index (χ0n) is 26.3. The van der Waals surface area contributed by atoms with Gasteiger partial charge in [0.2, 0.25) is 0 Å². The number of rotatable bonds is 6. The lowest BCUT2D eigenvalue weighted by Gasteiger charge is -2.22. The van der Waals surface area contributed by atoms with Crippen molar-refractivity contribution in [1.29, 1.82) is 0 Å². The summed E-state index contributed by atoms with van der Waals surface area (Å²) in [5.74, 6) is 2.54. The molecule has 2 amide bonds. The number of hydrogen-bond acceptors (Lipinski definition) is 5. The number of amides is 2. The van der Waals surface area contributed by atoms with E-state index in [1.807, 2.05) is 69.9 Å². The van der Waals surface area contributed by atoms with Crippen LogP contribution in [-0.4, -0.2) is 30.4 Å². The first-order valence-electron chi connectivity index (χ1n) is 15.4. The van der Waals surface area contributed by atoms with Gasteiger partial charge >= 0.3 is 6.03 Å². The molecule has 0 unspecified atom stereocenters. The van der Waals surface area contributed by atoms with Gasteiger partial charge in [-0.15, -0.1) is 10.2 Å². The Labute approximate surface area is 258 Å². The lowest BCUT2D eigenvalue weighted by Crippen LogP contribution is -2.33. The molecule has 9 nitrogen and oxygen atoms in total. The predicted molar refractivity (Wildman–Crippen MR) is 173 cm³/mol. The molecule has 2 atom stereocenters. The number of benzene rings is 2. The molecule has 3 aromatic heterocycles. The van der Waals surface area contributed by atoms with Crippen LogP contribution in [0, 0.1) is 6.92 Å². The zero-order valence-corrected chi connectivity index (χ0v) is 26.3. The molecule has 1 aliphatic rings. The van der Waals surface area contributed by atoms with E-state index in [2.05, 4.69) is 74.5 Å². The van der Waals surface area contributed by atoms with E-state index in [0.29, 0.717) is 5.82 Å². The molecule has 0 saturated heterocycles. The maximum Gasteiger partial charge on any atom is 0.320 e. The van der Waals surface area contributed by atoms with Gasteiger partial charge in [0.15, 0.2) is 5.65 Å². The van der Waals surface area contributed by atoms with Crippen molar-refractivity contribution in [2.24, 2.45) is 0 Å². The number of ether oxygens (including phenoxy) is 1. The minimum atomic E-state index is -0.267. The summed E-state index contributed by atoms with van der Waals surface area (Å²) in [6, 6.07) is 21.8. The van der Waals surface area contributed by atoms with Gasteiger partial charge in [0.1, 0.15) is 23.5 Å². The van der Waals surface area contributed by atoms with E-state index in [1.54, 1.807) is 0 Å². The van der Waals surface area contributed by atoms with E-state index in [1.165, 1.54) is 0 Å². The van der Waals surface area contributed by atoms with Gasteiger partial charge in [0, 0.05) is 17.4 Å². The van der Waals surface area contributed by atoms with Crippen LogP contribution in [0.3, 0.4) is 0 Å². The summed E-state index contributed by atoms with van der Waals surface area (Å²) in [4.78, 5) is 13.5. The van der Waals surface area contributed by atoms with Crippen molar-refractivity contribution < 1.29 is 9.53 Å². The topological polar surface area (TPSA) is 98.4 Å². The fourth-order valence-electron chi connectivity index (χ4n) is 5.76. The Kier molecular flexibility index (Phi) is 7.88. The Morgan fingerprint density at radius 2 is 1.73 bits per heavy atom. The number of nitrogens with one attached hydrogen (secondary N) is 2. The third-order valence-corrected chi connectivity index (χ3v) is 8.18. The minimum absolute atomic E-state index is 0.144. The van der Waals surface area contributed by atoms with Gasteiger partial charge in [-0.2, -0.15) is 5.10 Å². The third-order valence-electron chi connectivity index (χ3n) is 8.18. The van der Waals surface area contributed by atoms with Gasteiger partial charge in [-0.1, -0.05) is 76.6 Å². The fraction of sp³-hybridized carbons (Fsp3) is 0.371. The number of anilines is 1. The van der Waals surface area contributed by atoms with Crippen molar-refractivity contribution >= 4 is 17.5 Å². The summed E-state index contributed by atoms with van der Waals surface area (Å²) >= 11 is 0. The second kappa shape index (κ2) is 11.8. The number of hydrogen-bond donors (Lipinski definition) is 2. The van der Waals surface area contributed by atoms with E-state index in [9.17, 15) is 4.79 Å². The number of carbonyl (C=O) groups excluding carboxylic acids is 1. The molecule has 6 rings (SSSR count). The summed E-state index contributed by atoms with van der Waals surface area (Å²) in [6.45, 7) is 12.6. The predicted octanol–water partition coefficient (Wildman–Crippen LogP) is 7.81. The Balaban J connectivity index is 1.23. The van der Waals surface area contributed by atoms with Crippen LogP contribution in [0.1, 0.15) is 100 Å². The zero-order chi connectivity index (χ0) is 31.0. The summed E-state index contributed by atoms with van der Waals surface area (Å²) in [7, 11) is 0. The first-order chi connectivity index (χ1) is 21.1. The van der Waals surface area contributed by atoms with Gasteiger partial charge in [-0.3, -0.25) is 9.72 Å². The molecule has 2 N–H and O–H groups in total. The van der Waals surface area contributed by atoms with Crippen molar-refractivity contribution in [3.05, 3.63) is 101 Å². The molecular weight excluding hydrogens is 550 g/mol. The molecule has 0 bridgehead atoms. The van der Waals surface area contributed by atoms with Crippen molar-refractivity contribution in [1.82, 2.24) is 29.7 Å². The first kappa shape index (κ1) is 29.4. The Morgan fingerprint density at radius 1 is 0.977 bits per heavy atom. The highest BCUT2D eigenvalue weighted by atomic mass is 16.5. The van der Waals surface area contributed by atoms with Crippen LogP contribution < -0.4 is 15.4 Å². The van der Waals surface area contributed by atoms with E-state index < -0.39 is 0 Å². The number of aryl methyl sites for hydroxylation is 1. The van der Waals surface area contributed by atoms with Gasteiger partial charge < -0.3 is 10.1 Å². The van der Waals surface area contributed by atoms with Crippen LogP contribution in [0.5, 0.6) is 5.75 Å². The number of fused-ring (bicyclic) bond motifs is 2. The molecule has 0 spiro atoms. The van der Waals surface area contributed by atoms with E-state index in [0.717, 1.165) is 64.6 Å². The summed E-state index contributed by atoms with van der Waals surface area (Å²) < 4.78 is 10.4. The summed E-state index contributed by atoms with van der Waals surface area (Å²) in [6.07, 6.45) is 4.37. The standard InChI is InChI=1S/C35H41N7O2/c1-22(2)33-39-38-31-19-18-25(21-41(31)33)44-29-13-9-12-28(26-10-7-8-11-27(26)29)36-34(43)37-32-20-30(35(4,5)6)40-42(32)24-16-14-23(3)15-17-24/h7-8,10-11,14-22,28-29H,9,12-13H2,1-6H3,(H2,36,37,43)/t28-,29-/m0/s1. The van der Waals surface area contributed by atoms with Crippen molar-refractivity contribution in [3.8, 4) is 11.4 Å². The van der Waals surface area contributed by atoms with Gasteiger partial charge in [-0.25, -0.2) is 9.48 Å². The molecule has 0 saturated carbocycles. The SMILES string of the molecule is Cc1ccc(-n2nc(C(C)(C)C)cc2NC(=O)N[C@H]2CCC[C@H](Oc3ccc4nnc(C(C)C)n4c3)c3ccccc32)cc1. The second-order valence-corrected chi connectivity index (χ2v) is 13.0. The van der Waals surface area contributed by atoms with Crippen LogP contribution >= 0.6 is 0 Å². The molecule has 5 aromatic rings. The van der Waals surface area contributed by atoms with E-state index >= 15 is 0 Å². The fourth-order valence-corrected chi connectivity index (χ4v) is 5.76. The summed E-state index contributed by atoms with van der Waals surface area (Å²) in [5.41, 5.74) is 5.75. The molecule has 2 aromatic carbocycles. The highest BCUT2D eigenvalue weighted by Gasteiger charge is 2.28. The lowest BCUT2D eigenvalue weighted by atomic mass is 9.92. The van der Waals surface area contributed by atoms with E-state index in [4.69, 9.17) is 9.84 Å². The average Bonchev–Trinajstić information content (AvgIpc) is 3.57. The Hall–Kier alpha value is -4.66. The maximum absolute atomic E-state index is 13.5. The minimum Gasteiger partial charge on any atom is -0.484 e. The first-order valence-corrected chi connectivity index (χ1v) is 15.4. The number of pyridine rings is 1. The molecule has 1 aliphatic carbocycles. The molecule has 0 fully saturated rings. The lowest BCUT2D eigenvalue weighted by molar-refractivity contribution is 0.193. The number of carbonyl (C=O) groups is 1. The second-order valence-electron chi connectivity index (χ2n) is 13.0. The van der Waals surface area contributed by atoms with Crippen LogP contribution in [0.4, 0.5) is 10.6 Å². The molecule has 3 heterocycles. The van der Waals surface area contributed by atoms with Gasteiger partial charge in [0.05, 0.1) is 23.6 Å².